The summed E-state index contributed by atoms with van der Waals surface area (Å²) in [5.41, 5.74) is 13.7. The van der Waals surface area contributed by atoms with E-state index in [0.717, 1.165) is 96.3 Å². The molecular formula is C57H70N2O10. The number of carbonyl (C=O) groups excluding carboxylic acids is 4. The third-order valence-electron chi connectivity index (χ3n) is 14.0. The van der Waals surface area contributed by atoms with E-state index in [0.29, 0.717) is 57.0 Å². The summed E-state index contributed by atoms with van der Waals surface area (Å²) >= 11 is 0. The fourth-order valence-corrected chi connectivity index (χ4v) is 9.84. The Balaban J connectivity index is 1.15. The van der Waals surface area contributed by atoms with E-state index in [1.54, 1.807) is 117 Å². The smallest absolute Gasteiger partial charge is 0.314 e. The molecule has 12 heteroatoms. The number of carbonyl (C=O) groups is 4. The van der Waals surface area contributed by atoms with Crippen LogP contribution in [0.1, 0.15) is 106 Å². The first-order chi connectivity index (χ1) is 33.2. The van der Waals surface area contributed by atoms with E-state index in [1.165, 1.54) is 12.2 Å². The SMILES string of the molecule is COCCCC1CCC(C(=O)Oc2ccc(/C=C/C(=O)CC(Cc3ccc(N)cc3)(Cc3ccc(N)cc3)C(O)(O)C(=O)/C=C/c3ccc(OC(=O)C4CCC(CCCOC)CC4)cc3)cc2)CC1. The Bertz CT molecular complexity index is 2280. The zero-order chi connectivity index (χ0) is 49.2. The minimum absolute atomic E-state index is 0.0884. The Morgan fingerprint density at radius 3 is 1.35 bits per heavy atom. The first-order valence-electron chi connectivity index (χ1n) is 24.4. The molecule has 4 aromatic rings. The van der Waals surface area contributed by atoms with Crippen LogP contribution in [-0.2, 0) is 41.5 Å². The van der Waals surface area contributed by atoms with E-state index in [9.17, 15) is 29.4 Å². The Kier molecular flexibility index (Phi) is 19.5. The van der Waals surface area contributed by atoms with Crippen molar-refractivity contribution in [3.8, 4) is 11.5 Å². The van der Waals surface area contributed by atoms with Gasteiger partial charge in [-0.1, -0.05) is 60.7 Å². The second-order valence-corrected chi connectivity index (χ2v) is 19.1. The van der Waals surface area contributed by atoms with Crippen LogP contribution in [0.4, 0.5) is 11.4 Å². The highest BCUT2D eigenvalue weighted by molar-refractivity contribution is 6.01. The number of benzene rings is 4. The topological polar surface area (TPSA) is 198 Å². The van der Waals surface area contributed by atoms with Crippen molar-refractivity contribution in [1.29, 1.82) is 0 Å². The molecule has 0 atom stereocenters. The maximum Gasteiger partial charge on any atom is 0.314 e. The molecule has 0 saturated heterocycles. The normalized spacial score (nSPS) is 18.8. The van der Waals surface area contributed by atoms with E-state index in [1.807, 2.05) is 0 Å². The molecule has 4 aromatic carbocycles. The number of ketones is 2. The van der Waals surface area contributed by atoms with Gasteiger partial charge in [0.2, 0.25) is 11.6 Å². The average Bonchev–Trinajstić information content (AvgIpc) is 3.35. The van der Waals surface area contributed by atoms with Gasteiger partial charge in [-0.25, -0.2) is 0 Å². The second-order valence-electron chi connectivity index (χ2n) is 19.1. The van der Waals surface area contributed by atoms with Gasteiger partial charge in [-0.05, 0) is 185 Å². The highest BCUT2D eigenvalue weighted by atomic mass is 16.5. The molecule has 0 spiro atoms. The molecule has 0 aromatic heterocycles. The molecule has 0 radical (unpaired) electrons. The Labute approximate surface area is 407 Å². The third kappa shape index (κ3) is 15.5. The summed E-state index contributed by atoms with van der Waals surface area (Å²) in [6, 6.07) is 27.1. The first kappa shape index (κ1) is 52.5. The van der Waals surface area contributed by atoms with Crippen molar-refractivity contribution >= 4 is 47.0 Å². The number of anilines is 2. The molecule has 69 heavy (non-hydrogen) atoms. The number of nitrogens with two attached hydrogens (primary N) is 2. The van der Waals surface area contributed by atoms with E-state index in [4.69, 9.17) is 30.4 Å². The molecule has 0 amide bonds. The molecule has 0 unspecified atom stereocenters. The van der Waals surface area contributed by atoms with Gasteiger partial charge in [0, 0.05) is 50.6 Å². The fourth-order valence-electron chi connectivity index (χ4n) is 9.84. The van der Waals surface area contributed by atoms with Gasteiger partial charge in [-0.3, -0.25) is 19.2 Å². The number of nitrogen functional groups attached to an aromatic ring is 2. The first-order valence-corrected chi connectivity index (χ1v) is 24.4. The fraction of sp³-hybridized carbons (Fsp3) is 0.439. The van der Waals surface area contributed by atoms with Crippen LogP contribution in [0.5, 0.6) is 11.5 Å². The average molecular weight is 943 g/mol. The van der Waals surface area contributed by atoms with Crippen LogP contribution in [0.25, 0.3) is 12.2 Å². The van der Waals surface area contributed by atoms with Crippen molar-refractivity contribution in [1.82, 2.24) is 0 Å². The third-order valence-corrected chi connectivity index (χ3v) is 14.0. The standard InChI is InChI=1S/C57H70N2O10/c1-66-35-3-5-40-7-21-46(22-8-40)54(62)68-51-30-16-42(17-31-51)15-29-50(60)39-56(37-44-11-25-48(58)26-12-44,38-45-13-27-49(59)28-14-45)57(64,65)53(61)34-20-43-18-32-52(33-19-43)69-55(63)47-23-9-41(10-24-47)6-4-36-67-2/h11-20,25-34,40-41,46-47,64-65H,3-10,21-24,35-39,58-59H2,1-2H3/b29-15+,34-20+. The van der Waals surface area contributed by atoms with Crippen LogP contribution in [0.3, 0.4) is 0 Å². The summed E-state index contributed by atoms with van der Waals surface area (Å²) in [6.07, 6.45) is 16.3. The Morgan fingerprint density at radius 1 is 0.565 bits per heavy atom. The van der Waals surface area contributed by atoms with Crippen molar-refractivity contribution in [3.05, 3.63) is 131 Å². The number of allylic oxidation sites excluding steroid dienone is 1. The molecule has 6 rings (SSSR count). The molecular weight excluding hydrogens is 873 g/mol. The van der Waals surface area contributed by atoms with Crippen LogP contribution in [0.15, 0.2) is 109 Å². The van der Waals surface area contributed by atoms with Gasteiger partial charge in [0.05, 0.1) is 11.8 Å². The molecule has 6 N–H and O–H groups in total. The molecule has 368 valence electrons. The van der Waals surface area contributed by atoms with Crippen LogP contribution in [0.2, 0.25) is 0 Å². The summed E-state index contributed by atoms with van der Waals surface area (Å²) < 4.78 is 21.8. The lowest BCUT2D eigenvalue weighted by molar-refractivity contribution is -0.230. The lowest BCUT2D eigenvalue weighted by Crippen LogP contribution is -2.57. The highest BCUT2D eigenvalue weighted by Crippen LogP contribution is 2.43. The molecule has 2 saturated carbocycles. The van der Waals surface area contributed by atoms with E-state index < -0.39 is 29.2 Å². The number of aliphatic hydroxyl groups is 2. The second kappa shape index (κ2) is 25.6. The number of hydrogen-bond donors (Lipinski definition) is 4. The summed E-state index contributed by atoms with van der Waals surface area (Å²) in [7, 11) is 3.42. The van der Waals surface area contributed by atoms with Gasteiger partial charge in [0.25, 0.3) is 0 Å². The monoisotopic (exact) mass is 943 g/mol. The number of ether oxygens (including phenoxy) is 4. The molecule has 0 heterocycles. The highest BCUT2D eigenvalue weighted by Gasteiger charge is 2.54. The van der Waals surface area contributed by atoms with Crippen molar-refractivity contribution < 1.29 is 48.3 Å². The van der Waals surface area contributed by atoms with Gasteiger partial charge >= 0.3 is 11.9 Å². The molecule has 0 bridgehead atoms. The number of rotatable bonds is 24. The summed E-state index contributed by atoms with van der Waals surface area (Å²) in [5.74, 6) is -3.37. The van der Waals surface area contributed by atoms with Gasteiger partial charge in [0.15, 0.2) is 5.78 Å². The van der Waals surface area contributed by atoms with Crippen LogP contribution in [0, 0.1) is 29.1 Å². The van der Waals surface area contributed by atoms with E-state index in [-0.39, 0.29) is 36.6 Å². The lowest BCUT2D eigenvalue weighted by Gasteiger charge is -2.42. The van der Waals surface area contributed by atoms with Crippen molar-refractivity contribution in [2.24, 2.45) is 29.1 Å². The van der Waals surface area contributed by atoms with Crippen LogP contribution >= 0.6 is 0 Å². The van der Waals surface area contributed by atoms with E-state index >= 15 is 0 Å². The Morgan fingerprint density at radius 2 is 0.957 bits per heavy atom. The molecule has 0 aliphatic heterocycles. The molecule has 12 nitrogen and oxygen atoms in total. The predicted molar refractivity (Wildman–Crippen MR) is 269 cm³/mol. The van der Waals surface area contributed by atoms with Gasteiger partial charge < -0.3 is 40.6 Å². The van der Waals surface area contributed by atoms with Crippen molar-refractivity contribution in [3.63, 3.8) is 0 Å². The zero-order valence-corrected chi connectivity index (χ0v) is 40.2. The van der Waals surface area contributed by atoms with Crippen molar-refractivity contribution in [2.75, 3.05) is 38.9 Å². The summed E-state index contributed by atoms with van der Waals surface area (Å²) in [4.78, 5) is 54.4. The Hall–Kier alpha value is -5.92. The quantitative estimate of drug-likeness (QED) is 0.0130. The summed E-state index contributed by atoms with van der Waals surface area (Å²) in [6.45, 7) is 1.50. The molecule has 2 aliphatic carbocycles. The number of esters is 2. The molecule has 2 aliphatic rings. The summed E-state index contributed by atoms with van der Waals surface area (Å²) in [5, 5.41) is 24.5. The molecule has 2 fully saturated rings. The van der Waals surface area contributed by atoms with Crippen molar-refractivity contribution in [2.45, 2.75) is 102 Å². The lowest BCUT2D eigenvalue weighted by atomic mass is 9.65. The number of methoxy groups -OCH3 is 2. The maximum absolute atomic E-state index is 14.2. The largest absolute Gasteiger partial charge is 0.426 e. The number of hydrogen-bond acceptors (Lipinski definition) is 12. The zero-order valence-electron chi connectivity index (χ0n) is 40.2. The minimum atomic E-state index is -3.07. The maximum atomic E-state index is 14.2. The van der Waals surface area contributed by atoms with Gasteiger partial charge in [0.1, 0.15) is 11.5 Å². The minimum Gasteiger partial charge on any atom is -0.426 e. The van der Waals surface area contributed by atoms with Crippen LogP contribution in [-0.4, -0.2) is 66.9 Å². The van der Waals surface area contributed by atoms with Gasteiger partial charge in [-0.2, -0.15) is 0 Å². The van der Waals surface area contributed by atoms with Gasteiger partial charge in [-0.15, -0.1) is 0 Å². The van der Waals surface area contributed by atoms with E-state index in [2.05, 4.69) is 0 Å². The predicted octanol–water partition coefficient (Wildman–Crippen LogP) is 9.54. The van der Waals surface area contributed by atoms with Crippen LogP contribution < -0.4 is 20.9 Å².